The first-order valence-electron chi connectivity index (χ1n) is 8.78. The van der Waals surface area contributed by atoms with Crippen molar-refractivity contribution in [2.24, 2.45) is 5.73 Å². The number of nitrogens with two attached hydrogens (primary N) is 1. The SMILES string of the molecule is NCc1cc(OCc2cccc(C(=O)N3CC(O)C(F)C3)c2)nc(C(F)(F)F)c1. The average Bonchev–Trinajstić information content (AvgIpc) is 3.03. The maximum atomic E-state index is 13.4. The summed E-state index contributed by atoms with van der Waals surface area (Å²) in [4.78, 5) is 17.1. The van der Waals surface area contributed by atoms with Gasteiger partial charge in [0.05, 0.1) is 6.54 Å². The van der Waals surface area contributed by atoms with E-state index in [1.54, 1.807) is 12.1 Å². The average molecular weight is 413 g/mol. The maximum Gasteiger partial charge on any atom is 0.433 e. The Morgan fingerprint density at radius 1 is 1.24 bits per heavy atom. The first kappa shape index (κ1) is 21.0. The molecule has 1 saturated heterocycles. The van der Waals surface area contributed by atoms with Crippen molar-refractivity contribution in [1.82, 2.24) is 9.88 Å². The number of nitrogens with zero attached hydrogens (tertiary/aromatic N) is 2. The molecule has 2 atom stereocenters. The van der Waals surface area contributed by atoms with Gasteiger partial charge in [-0.25, -0.2) is 9.37 Å². The highest BCUT2D eigenvalue weighted by Crippen LogP contribution is 2.30. The van der Waals surface area contributed by atoms with Crippen LogP contribution in [-0.4, -0.2) is 46.3 Å². The van der Waals surface area contributed by atoms with Crippen molar-refractivity contribution in [2.75, 3.05) is 13.1 Å². The molecule has 0 aliphatic carbocycles. The van der Waals surface area contributed by atoms with E-state index in [9.17, 15) is 27.5 Å². The summed E-state index contributed by atoms with van der Waals surface area (Å²) in [5, 5.41) is 9.47. The number of halogens is 4. The third-order valence-corrected chi connectivity index (χ3v) is 4.46. The Balaban J connectivity index is 1.72. The summed E-state index contributed by atoms with van der Waals surface area (Å²) in [6.07, 6.45) is -7.34. The molecule has 29 heavy (non-hydrogen) atoms. The fraction of sp³-hybridized carbons (Fsp3) is 0.368. The molecule has 1 aliphatic heterocycles. The second kappa shape index (κ2) is 8.34. The number of aliphatic hydroxyl groups excluding tert-OH is 1. The van der Waals surface area contributed by atoms with Crippen LogP contribution in [0.4, 0.5) is 17.6 Å². The van der Waals surface area contributed by atoms with Crippen LogP contribution < -0.4 is 10.5 Å². The topological polar surface area (TPSA) is 88.7 Å². The Bertz CT molecular complexity index is 881. The predicted molar refractivity (Wildman–Crippen MR) is 94.7 cm³/mol. The van der Waals surface area contributed by atoms with Crippen LogP contribution in [0.3, 0.4) is 0 Å². The molecule has 0 saturated carbocycles. The van der Waals surface area contributed by atoms with Crippen molar-refractivity contribution in [3.8, 4) is 5.88 Å². The Labute approximate surface area is 163 Å². The molecule has 1 fully saturated rings. The lowest BCUT2D eigenvalue weighted by molar-refractivity contribution is -0.141. The number of aliphatic hydroxyl groups is 1. The number of carbonyl (C=O) groups excluding carboxylic acids is 1. The molecule has 156 valence electrons. The number of hydrogen-bond donors (Lipinski definition) is 2. The molecule has 0 radical (unpaired) electrons. The molecule has 3 N–H and O–H groups in total. The van der Waals surface area contributed by atoms with E-state index in [-0.39, 0.29) is 43.2 Å². The van der Waals surface area contributed by atoms with Crippen molar-refractivity contribution in [2.45, 2.75) is 31.6 Å². The number of likely N-dealkylation sites (tertiary alicyclic amines) is 1. The van der Waals surface area contributed by atoms with E-state index in [1.807, 2.05) is 0 Å². The van der Waals surface area contributed by atoms with Gasteiger partial charge >= 0.3 is 6.18 Å². The number of amides is 1. The molecule has 2 heterocycles. The summed E-state index contributed by atoms with van der Waals surface area (Å²) >= 11 is 0. The Kier molecular flexibility index (Phi) is 6.04. The highest BCUT2D eigenvalue weighted by atomic mass is 19.4. The summed E-state index contributed by atoms with van der Waals surface area (Å²) in [6.45, 7) is -0.537. The van der Waals surface area contributed by atoms with Crippen LogP contribution in [0.1, 0.15) is 27.2 Å². The number of ether oxygens (including phenoxy) is 1. The molecule has 1 aromatic heterocycles. The monoisotopic (exact) mass is 413 g/mol. The molecule has 2 aromatic rings. The first-order chi connectivity index (χ1) is 13.7. The first-order valence-corrected chi connectivity index (χ1v) is 8.78. The number of benzene rings is 1. The van der Waals surface area contributed by atoms with Crippen molar-refractivity contribution < 1.29 is 32.2 Å². The molecule has 0 spiro atoms. The quantitative estimate of drug-likeness (QED) is 0.735. The van der Waals surface area contributed by atoms with Crippen molar-refractivity contribution in [3.63, 3.8) is 0 Å². The zero-order chi connectivity index (χ0) is 21.2. The molecule has 3 rings (SSSR count). The van der Waals surface area contributed by atoms with E-state index < -0.39 is 30.1 Å². The Hall–Kier alpha value is -2.72. The van der Waals surface area contributed by atoms with Gasteiger partial charge in [0.2, 0.25) is 5.88 Å². The van der Waals surface area contributed by atoms with E-state index in [1.165, 1.54) is 23.1 Å². The van der Waals surface area contributed by atoms with Crippen molar-refractivity contribution in [3.05, 3.63) is 58.8 Å². The van der Waals surface area contributed by atoms with Crippen LogP contribution in [0.25, 0.3) is 0 Å². The fourth-order valence-electron chi connectivity index (χ4n) is 2.94. The van der Waals surface area contributed by atoms with Crippen molar-refractivity contribution in [1.29, 1.82) is 0 Å². The lowest BCUT2D eigenvalue weighted by atomic mass is 10.1. The zero-order valence-electron chi connectivity index (χ0n) is 15.2. The molecule has 2 unspecified atom stereocenters. The highest BCUT2D eigenvalue weighted by Gasteiger charge is 2.35. The van der Waals surface area contributed by atoms with Crippen LogP contribution in [-0.2, 0) is 19.3 Å². The van der Waals surface area contributed by atoms with Crippen LogP contribution in [0.2, 0.25) is 0 Å². The van der Waals surface area contributed by atoms with Gasteiger partial charge in [-0.3, -0.25) is 4.79 Å². The van der Waals surface area contributed by atoms with Crippen LogP contribution in [0.15, 0.2) is 36.4 Å². The summed E-state index contributed by atoms with van der Waals surface area (Å²) < 4.78 is 57.7. The second-order valence-electron chi connectivity index (χ2n) is 6.68. The zero-order valence-corrected chi connectivity index (χ0v) is 15.2. The van der Waals surface area contributed by atoms with E-state index in [0.29, 0.717) is 5.56 Å². The van der Waals surface area contributed by atoms with Gasteiger partial charge in [0.1, 0.15) is 24.6 Å². The maximum absolute atomic E-state index is 13.4. The largest absolute Gasteiger partial charge is 0.473 e. The van der Waals surface area contributed by atoms with Gasteiger partial charge in [-0.2, -0.15) is 13.2 Å². The van der Waals surface area contributed by atoms with Crippen LogP contribution in [0, 0.1) is 0 Å². The molecule has 1 aromatic carbocycles. The number of alkyl halides is 4. The number of rotatable bonds is 5. The molecule has 0 bridgehead atoms. The van der Waals surface area contributed by atoms with Crippen LogP contribution in [0.5, 0.6) is 5.88 Å². The third-order valence-electron chi connectivity index (χ3n) is 4.46. The number of aromatic nitrogens is 1. The summed E-state index contributed by atoms with van der Waals surface area (Å²) in [5.74, 6) is -0.686. The standard InChI is InChI=1S/C19H19F4N3O3/c20-14-8-26(9-15(14)27)18(28)13-3-1-2-11(4-13)10-29-17-6-12(7-24)5-16(25-17)19(21,22)23/h1-6,14-15,27H,7-10,24H2. The normalized spacial score (nSPS) is 19.4. The van der Waals surface area contributed by atoms with Crippen molar-refractivity contribution >= 4 is 5.91 Å². The smallest absolute Gasteiger partial charge is 0.433 e. The number of carbonyl (C=O) groups is 1. The number of hydrogen-bond acceptors (Lipinski definition) is 5. The highest BCUT2D eigenvalue weighted by molar-refractivity contribution is 5.94. The molecule has 1 aliphatic rings. The molecular formula is C19H19F4N3O3. The van der Waals surface area contributed by atoms with E-state index in [0.717, 1.165) is 6.07 Å². The number of pyridine rings is 1. The van der Waals surface area contributed by atoms with Gasteiger partial charge in [0, 0.05) is 24.7 Å². The predicted octanol–water partition coefficient (Wildman–Crippen LogP) is 2.29. The van der Waals surface area contributed by atoms with Gasteiger partial charge in [0.15, 0.2) is 0 Å². The molecular weight excluding hydrogens is 394 g/mol. The van der Waals surface area contributed by atoms with Gasteiger partial charge in [0.25, 0.3) is 5.91 Å². The summed E-state index contributed by atoms with van der Waals surface area (Å²) in [7, 11) is 0. The van der Waals surface area contributed by atoms with E-state index in [4.69, 9.17) is 10.5 Å². The number of β-amino-alcohol motifs (C(OH)–C–C–N with tert-alkyl or cyclic N) is 1. The Morgan fingerprint density at radius 2 is 2.00 bits per heavy atom. The molecule has 1 amide bonds. The van der Waals surface area contributed by atoms with Gasteiger partial charge < -0.3 is 20.5 Å². The lowest BCUT2D eigenvalue weighted by Crippen LogP contribution is -2.29. The lowest BCUT2D eigenvalue weighted by Gasteiger charge is -2.16. The van der Waals surface area contributed by atoms with Crippen LogP contribution >= 0.6 is 0 Å². The van der Waals surface area contributed by atoms with Gasteiger partial charge in [-0.15, -0.1) is 0 Å². The fourth-order valence-corrected chi connectivity index (χ4v) is 2.94. The van der Waals surface area contributed by atoms with Gasteiger partial charge in [-0.1, -0.05) is 12.1 Å². The van der Waals surface area contributed by atoms with E-state index >= 15 is 0 Å². The minimum atomic E-state index is -4.63. The summed E-state index contributed by atoms with van der Waals surface area (Å²) in [5.41, 5.74) is 5.32. The minimum Gasteiger partial charge on any atom is -0.473 e. The second-order valence-corrected chi connectivity index (χ2v) is 6.68. The third kappa shape index (κ3) is 5.01. The minimum absolute atomic E-state index is 0.100. The van der Waals surface area contributed by atoms with E-state index in [2.05, 4.69) is 4.98 Å². The Morgan fingerprint density at radius 3 is 2.62 bits per heavy atom. The van der Waals surface area contributed by atoms with Gasteiger partial charge in [-0.05, 0) is 29.3 Å². The molecule has 6 nitrogen and oxygen atoms in total. The molecule has 10 heteroatoms. The summed E-state index contributed by atoms with van der Waals surface area (Å²) in [6, 6.07) is 8.41.